The average Bonchev–Trinajstić information content (AvgIpc) is 3.26. The van der Waals surface area contributed by atoms with Crippen molar-refractivity contribution in [3.05, 3.63) is 36.5 Å². The third kappa shape index (κ3) is 49.5. The Bertz CT molecular complexity index is 928. The van der Waals surface area contributed by atoms with E-state index >= 15 is 0 Å². The minimum atomic E-state index is -0.842. The van der Waals surface area contributed by atoms with E-state index in [0.717, 1.165) is 32.1 Å². The molecule has 0 aromatic heterocycles. The Hall–Kier alpha value is -1.39. The molecule has 0 fully saturated rings. The van der Waals surface area contributed by atoms with E-state index in [2.05, 4.69) is 43.5 Å². The maximum Gasteiger partial charge on any atom is 0.220 e. The molecule has 0 radical (unpaired) electrons. The predicted molar refractivity (Wildman–Crippen MR) is 272 cm³/mol. The van der Waals surface area contributed by atoms with Gasteiger partial charge in [-0.1, -0.05) is 281 Å². The first-order valence-electron chi connectivity index (χ1n) is 27.7. The van der Waals surface area contributed by atoms with Crippen LogP contribution in [-0.2, 0) is 4.79 Å². The highest BCUT2D eigenvalue weighted by Gasteiger charge is 2.18. The lowest BCUT2D eigenvalue weighted by molar-refractivity contribution is -0.123. The standard InChI is InChI=1S/C57H109NO3/c1-3-5-7-9-11-13-15-17-19-21-23-25-26-27-28-29-30-31-33-34-36-38-40-42-44-46-48-50-52-56(60)55(54-59)58-57(61)53-51-49-47-45-43-41-39-37-35-32-24-22-20-18-16-14-12-10-8-6-4-2/h16,18,22,24,50,52,55-56,59-60H,3-15,17,19-21,23,25-49,51,53-54H2,1-2H3,(H,58,61)/b18-16-,24-22-,52-50+. The molecule has 4 nitrogen and oxygen atoms in total. The van der Waals surface area contributed by atoms with Crippen molar-refractivity contribution in [2.75, 3.05) is 6.61 Å². The van der Waals surface area contributed by atoms with Gasteiger partial charge < -0.3 is 15.5 Å². The number of hydrogen-bond acceptors (Lipinski definition) is 3. The SMILES string of the molecule is CCCCCCC/C=C\C/C=C\CCCCCCCCCCCC(=O)NC(CO)C(O)/C=C/CCCCCCCCCCCCCCCCCCCCCCCCCCCC. The fourth-order valence-electron chi connectivity index (χ4n) is 8.62. The Kier molecular flexibility index (Phi) is 51.7. The quantitative estimate of drug-likeness (QED) is 0.0422. The van der Waals surface area contributed by atoms with Crippen molar-refractivity contribution in [1.29, 1.82) is 0 Å². The molecule has 0 saturated carbocycles. The second-order valence-corrected chi connectivity index (χ2v) is 19.0. The van der Waals surface area contributed by atoms with Crippen molar-refractivity contribution in [2.45, 2.75) is 315 Å². The Morgan fingerprint density at radius 1 is 0.393 bits per heavy atom. The molecule has 0 aliphatic heterocycles. The summed E-state index contributed by atoms with van der Waals surface area (Å²) in [5, 5.41) is 23.2. The molecule has 0 spiro atoms. The Labute approximate surface area is 382 Å². The Morgan fingerprint density at radius 2 is 0.672 bits per heavy atom. The summed E-state index contributed by atoms with van der Waals surface area (Å²) in [5.74, 6) is -0.0650. The van der Waals surface area contributed by atoms with Crippen LogP contribution in [0.25, 0.3) is 0 Å². The highest BCUT2D eigenvalue weighted by molar-refractivity contribution is 5.76. The van der Waals surface area contributed by atoms with E-state index in [1.54, 1.807) is 6.08 Å². The van der Waals surface area contributed by atoms with Gasteiger partial charge in [-0.2, -0.15) is 0 Å². The normalized spacial score (nSPS) is 13.0. The molecule has 0 aliphatic carbocycles. The van der Waals surface area contributed by atoms with Crippen LogP contribution in [0, 0.1) is 0 Å². The van der Waals surface area contributed by atoms with Crippen molar-refractivity contribution in [3.8, 4) is 0 Å². The molecule has 0 saturated heterocycles. The third-order valence-corrected chi connectivity index (χ3v) is 12.9. The zero-order chi connectivity index (χ0) is 44.2. The second kappa shape index (κ2) is 53.0. The molecule has 61 heavy (non-hydrogen) atoms. The first kappa shape index (κ1) is 59.6. The van der Waals surface area contributed by atoms with E-state index < -0.39 is 12.1 Å². The van der Waals surface area contributed by atoms with Crippen LogP contribution in [0.1, 0.15) is 303 Å². The van der Waals surface area contributed by atoms with Crippen LogP contribution in [0.2, 0.25) is 0 Å². The molecule has 0 aliphatic rings. The Morgan fingerprint density at radius 3 is 0.984 bits per heavy atom. The van der Waals surface area contributed by atoms with E-state index in [1.807, 2.05) is 6.08 Å². The number of aliphatic hydroxyl groups excluding tert-OH is 2. The van der Waals surface area contributed by atoms with Gasteiger partial charge in [0.1, 0.15) is 0 Å². The minimum absolute atomic E-state index is 0.0650. The summed E-state index contributed by atoms with van der Waals surface area (Å²) in [5.41, 5.74) is 0. The number of carbonyl (C=O) groups excluding carboxylic acids is 1. The van der Waals surface area contributed by atoms with Crippen LogP contribution in [0.3, 0.4) is 0 Å². The summed E-state index contributed by atoms with van der Waals surface area (Å²) in [7, 11) is 0. The van der Waals surface area contributed by atoms with E-state index in [4.69, 9.17) is 0 Å². The summed E-state index contributed by atoms with van der Waals surface area (Å²) in [4.78, 5) is 12.5. The summed E-state index contributed by atoms with van der Waals surface area (Å²) in [6, 6.07) is -0.625. The fraction of sp³-hybridized carbons (Fsp3) is 0.877. The van der Waals surface area contributed by atoms with Gasteiger partial charge in [-0.3, -0.25) is 4.79 Å². The minimum Gasteiger partial charge on any atom is -0.394 e. The summed E-state index contributed by atoms with van der Waals surface area (Å²) < 4.78 is 0. The number of allylic oxidation sites excluding steroid dienone is 5. The molecule has 4 heteroatoms. The summed E-state index contributed by atoms with van der Waals surface area (Å²) in [6.45, 7) is 4.33. The van der Waals surface area contributed by atoms with Crippen LogP contribution >= 0.6 is 0 Å². The zero-order valence-corrected chi connectivity index (χ0v) is 41.4. The number of nitrogens with one attached hydrogen (secondary N) is 1. The third-order valence-electron chi connectivity index (χ3n) is 12.9. The molecular weight excluding hydrogens is 747 g/mol. The first-order chi connectivity index (χ1) is 30.2. The van der Waals surface area contributed by atoms with Gasteiger partial charge in [0.15, 0.2) is 0 Å². The van der Waals surface area contributed by atoms with E-state index in [9.17, 15) is 15.0 Å². The van der Waals surface area contributed by atoms with Crippen LogP contribution in [0.4, 0.5) is 0 Å². The lowest BCUT2D eigenvalue weighted by Crippen LogP contribution is -2.45. The van der Waals surface area contributed by atoms with Crippen LogP contribution in [-0.4, -0.2) is 34.9 Å². The number of amides is 1. The highest BCUT2D eigenvalue weighted by Crippen LogP contribution is 2.17. The molecule has 3 N–H and O–H groups in total. The molecule has 0 heterocycles. The summed E-state index contributed by atoms with van der Waals surface area (Å²) >= 11 is 0. The van der Waals surface area contributed by atoms with Crippen molar-refractivity contribution < 1.29 is 15.0 Å². The molecule has 0 aromatic carbocycles. The maximum atomic E-state index is 12.5. The molecule has 0 bridgehead atoms. The fourth-order valence-corrected chi connectivity index (χ4v) is 8.62. The van der Waals surface area contributed by atoms with Crippen LogP contribution < -0.4 is 5.32 Å². The van der Waals surface area contributed by atoms with Gasteiger partial charge in [0, 0.05) is 6.42 Å². The van der Waals surface area contributed by atoms with Gasteiger partial charge >= 0.3 is 0 Å². The molecule has 2 unspecified atom stereocenters. The highest BCUT2D eigenvalue weighted by atomic mass is 16.3. The van der Waals surface area contributed by atoms with E-state index in [-0.39, 0.29) is 12.5 Å². The average molecular weight is 857 g/mol. The largest absolute Gasteiger partial charge is 0.394 e. The number of aliphatic hydroxyl groups is 2. The Balaban J connectivity index is 3.49. The van der Waals surface area contributed by atoms with E-state index in [1.165, 1.54) is 250 Å². The lowest BCUT2D eigenvalue weighted by Gasteiger charge is -2.20. The van der Waals surface area contributed by atoms with Crippen molar-refractivity contribution >= 4 is 5.91 Å². The van der Waals surface area contributed by atoms with Crippen LogP contribution in [0.15, 0.2) is 36.5 Å². The molecule has 1 amide bonds. The van der Waals surface area contributed by atoms with Gasteiger partial charge in [-0.05, 0) is 51.4 Å². The smallest absolute Gasteiger partial charge is 0.220 e. The van der Waals surface area contributed by atoms with Gasteiger partial charge in [-0.15, -0.1) is 0 Å². The van der Waals surface area contributed by atoms with Crippen molar-refractivity contribution in [2.24, 2.45) is 0 Å². The predicted octanol–water partition coefficient (Wildman–Crippen LogP) is 18.1. The monoisotopic (exact) mass is 856 g/mol. The first-order valence-corrected chi connectivity index (χ1v) is 27.7. The van der Waals surface area contributed by atoms with Gasteiger partial charge in [0.2, 0.25) is 5.91 Å². The molecule has 360 valence electrons. The van der Waals surface area contributed by atoms with Gasteiger partial charge in [0.25, 0.3) is 0 Å². The number of hydrogen-bond donors (Lipinski definition) is 3. The molecular formula is C57H109NO3. The molecule has 0 aromatic rings. The number of unbranched alkanes of at least 4 members (excludes halogenated alkanes) is 40. The molecule has 2 atom stereocenters. The lowest BCUT2D eigenvalue weighted by atomic mass is 10.0. The van der Waals surface area contributed by atoms with Gasteiger partial charge in [0.05, 0.1) is 18.8 Å². The number of carbonyl (C=O) groups is 1. The van der Waals surface area contributed by atoms with E-state index in [0.29, 0.717) is 6.42 Å². The summed E-state index contributed by atoms with van der Waals surface area (Å²) in [6.07, 6.45) is 71.6. The molecule has 0 rings (SSSR count). The van der Waals surface area contributed by atoms with Crippen molar-refractivity contribution in [3.63, 3.8) is 0 Å². The van der Waals surface area contributed by atoms with Crippen molar-refractivity contribution in [1.82, 2.24) is 5.32 Å². The zero-order valence-electron chi connectivity index (χ0n) is 41.4. The maximum absolute atomic E-state index is 12.5. The number of rotatable bonds is 51. The second-order valence-electron chi connectivity index (χ2n) is 19.0. The van der Waals surface area contributed by atoms with Gasteiger partial charge in [-0.25, -0.2) is 0 Å². The topological polar surface area (TPSA) is 69.6 Å². The van der Waals surface area contributed by atoms with Crippen LogP contribution in [0.5, 0.6) is 0 Å².